The summed E-state index contributed by atoms with van der Waals surface area (Å²) in [5.74, 6) is 1.30. The van der Waals surface area contributed by atoms with Gasteiger partial charge >= 0.3 is 0 Å². The van der Waals surface area contributed by atoms with Crippen LogP contribution in [0.15, 0.2) is 30.3 Å². The highest BCUT2D eigenvalue weighted by Crippen LogP contribution is 2.36. The van der Waals surface area contributed by atoms with Crippen LogP contribution in [0, 0.1) is 0 Å². The van der Waals surface area contributed by atoms with Gasteiger partial charge in [-0.3, -0.25) is 9.10 Å². The summed E-state index contributed by atoms with van der Waals surface area (Å²) in [6.07, 6.45) is 3.84. The van der Waals surface area contributed by atoms with Crippen molar-refractivity contribution in [2.24, 2.45) is 5.73 Å². The molecule has 13 heteroatoms. The summed E-state index contributed by atoms with van der Waals surface area (Å²) in [6.45, 7) is 2.58. The fourth-order valence-corrected chi connectivity index (χ4v) is 7.43. The fourth-order valence-electron chi connectivity index (χ4n) is 6.03. The molecule has 0 aliphatic carbocycles. The number of aromatic nitrogens is 3. The Labute approximate surface area is 239 Å². The molecule has 1 amide bonds. The molecule has 40 heavy (non-hydrogen) atoms. The Morgan fingerprint density at radius 2 is 1.85 bits per heavy atom. The Morgan fingerprint density at radius 1 is 1.02 bits per heavy atom. The number of nitrogens with two attached hydrogens (primary N) is 1. The van der Waals surface area contributed by atoms with E-state index < -0.39 is 10.0 Å². The van der Waals surface area contributed by atoms with E-state index in [0.29, 0.717) is 35.9 Å². The van der Waals surface area contributed by atoms with Crippen molar-refractivity contribution in [1.29, 1.82) is 0 Å². The number of hydrogen-bond donors (Lipinski definition) is 1. The summed E-state index contributed by atoms with van der Waals surface area (Å²) in [5, 5.41) is 5.37. The maximum absolute atomic E-state index is 14.1. The van der Waals surface area contributed by atoms with Gasteiger partial charge in [0.1, 0.15) is 11.6 Å². The van der Waals surface area contributed by atoms with Gasteiger partial charge in [0.05, 0.1) is 28.7 Å². The second-order valence-corrected chi connectivity index (χ2v) is 13.6. The smallest absolute Gasteiger partial charge is 0.256 e. The molecule has 2 bridgehead atoms. The molecule has 2 saturated heterocycles. The van der Waals surface area contributed by atoms with E-state index >= 15 is 0 Å². The molecule has 0 spiro atoms. The molecule has 2 atom stereocenters. The molecular formula is C27H35ClN8O3S. The third kappa shape index (κ3) is 4.86. The molecule has 0 saturated carbocycles. The topological polar surface area (TPSA) is 120 Å². The zero-order valence-electron chi connectivity index (χ0n) is 22.8. The fraction of sp³-hybridized carbons (Fsp3) is 0.519. The van der Waals surface area contributed by atoms with Crippen molar-refractivity contribution in [3.63, 3.8) is 0 Å². The van der Waals surface area contributed by atoms with Crippen LogP contribution in [0.2, 0.25) is 5.02 Å². The number of hydrogen-bond acceptors (Lipinski definition) is 8. The number of sulfonamides is 1. The van der Waals surface area contributed by atoms with Crippen LogP contribution in [0.3, 0.4) is 0 Å². The SMILES string of the molecule is CN1CCCS(=O)(=O)N(C)c2ccc(Cl)cc2C(=O)N2CCCCC2c2cc3nc(N4CCC(N)C4)cc1n3n2. The number of carbonyl (C=O) groups is 1. The summed E-state index contributed by atoms with van der Waals surface area (Å²) in [5.41, 5.74) is 8.25. The van der Waals surface area contributed by atoms with Crippen molar-refractivity contribution >= 4 is 50.5 Å². The minimum absolute atomic E-state index is 0.0805. The molecule has 5 heterocycles. The molecule has 2 fully saturated rings. The molecule has 2 aromatic heterocycles. The Hall–Kier alpha value is -3.09. The van der Waals surface area contributed by atoms with Gasteiger partial charge in [0.25, 0.3) is 5.91 Å². The molecule has 3 aliphatic rings. The van der Waals surface area contributed by atoms with Crippen molar-refractivity contribution in [3.8, 4) is 0 Å². The van der Waals surface area contributed by atoms with Gasteiger partial charge in [-0.1, -0.05) is 11.6 Å². The first-order valence-corrected chi connectivity index (χ1v) is 15.8. The number of fused-ring (bicyclic) bond motifs is 4. The Morgan fingerprint density at radius 3 is 2.62 bits per heavy atom. The van der Waals surface area contributed by atoms with Gasteiger partial charge in [0.2, 0.25) is 10.0 Å². The zero-order chi connectivity index (χ0) is 28.2. The van der Waals surface area contributed by atoms with Crippen LogP contribution in [0.1, 0.15) is 54.2 Å². The maximum Gasteiger partial charge on any atom is 0.256 e. The van der Waals surface area contributed by atoms with Crippen molar-refractivity contribution in [1.82, 2.24) is 19.5 Å². The first kappa shape index (κ1) is 27.1. The predicted octanol–water partition coefficient (Wildman–Crippen LogP) is 2.89. The van der Waals surface area contributed by atoms with Gasteiger partial charge in [-0.05, 0) is 50.3 Å². The molecule has 2 unspecified atom stereocenters. The van der Waals surface area contributed by atoms with Gasteiger partial charge in [-0.2, -0.15) is 9.61 Å². The monoisotopic (exact) mass is 586 g/mol. The lowest BCUT2D eigenvalue weighted by molar-refractivity contribution is 0.0606. The van der Waals surface area contributed by atoms with Crippen molar-refractivity contribution in [2.45, 2.75) is 44.2 Å². The van der Waals surface area contributed by atoms with Crippen LogP contribution in [0.4, 0.5) is 17.3 Å². The van der Waals surface area contributed by atoms with Crippen LogP contribution < -0.4 is 19.8 Å². The number of anilines is 3. The molecule has 2 N–H and O–H groups in total. The van der Waals surface area contributed by atoms with E-state index in [4.69, 9.17) is 27.4 Å². The van der Waals surface area contributed by atoms with E-state index in [9.17, 15) is 13.2 Å². The number of carbonyl (C=O) groups excluding carboxylic acids is 1. The number of halogens is 1. The summed E-state index contributed by atoms with van der Waals surface area (Å²) >= 11 is 6.33. The third-order valence-corrected chi connectivity index (χ3v) is 10.4. The number of rotatable bonds is 1. The molecule has 6 rings (SSSR count). The van der Waals surface area contributed by atoms with E-state index in [1.807, 2.05) is 33.5 Å². The van der Waals surface area contributed by atoms with Crippen molar-refractivity contribution in [2.75, 3.05) is 60.1 Å². The maximum atomic E-state index is 14.1. The van der Waals surface area contributed by atoms with Crippen LogP contribution in [-0.4, -0.2) is 85.9 Å². The molecule has 1 aromatic carbocycles. The summed E-state index contributed by atoms with van der Waals surface area (Å²) in [7, 11) is -0.262. The number of piperidine rings is 1. The Kier molecular flexibility index (Phi) is 7.04. The Balaban J connectivity index is 1.51. The summed E-state index contributed by atoms with van der Waals surface area (Å²) < 4.78 is 29.9. The molecular weight excluding hydrogens is 552 g/mol. The zero-order valence-corrected chi connectivity index (χ0v) is 24.4. The average molecular weight is 587 g/mol. The normalized spacial score (nSPS) is 23.8. The second kappa shape index (κ2) is 10.4. The average Bonchev–Trinajstić information content (AvgIpc) is 3.57. The lowest BCUT2D eigenvalue weighted by Gasteiger charge is -2.35. The largest absolute Gasteiger partial charge is 0.359 e. The molecule has 3 aromatic rings. The highest BCUT2D eigenvalue weighted by molar-refractivity contribution is 7.92. The summed E-state index contributed by atoms with van der Waals surface area (Å²) in [4.78, 5) is 25.1. The first-order chi connectivity index (χ1) is 19.1. The first-order valence-electron chi connectivity index (χ1n) is 13.8. The van der Waals surface area contributed by atoms with Crippen LogP contribution in [0.5, 0.6) is 0 Å². The van der Waals surface area contributed by atoms with Gasteiger partial charge < -0.3 is 20.4 Å². The van der Waals surface area contributed by atoms with Crippen LogP contribution in [-0.2, 0) is 10.0 Å². The van der Waals surface area contributed by atoms with E-state index in [2.05, 4.69) is 4.90 Å². The van der Waals surface area contributed by atoms with Gasteiger partial charge in [-0.25, -0.2) is 13.4 Å². The Bertz CT molecular complexity index is 1560. The van der Waals surface area contributed by atoms with Crippen LogP contribution in [0.25, 0.3) is 5.65 Å². The van der Waals surface area contributed by atoms with Gasteiger partial charge in [0.15, 0.2) is 5.65 Å². The number of amides is 1. The third-order valence-electron chi connectivity index (χ3n) is 8.30. The second-order valence-electron chi connectivity index (χ2n) is 11.0. The van der Waals surface area contributed by atoms with E-state index in [-0.39, 0.29) is 29.3 Å². The standard InChI is InChI=1S/C27H35ClN8O3S/c1-32-10-5-13-40(38,39)33(2)22-8-7-18(28)14-20(22)27(37)35-11-4-3-6-23(35)21-15-25-30-24(16-26(32)36(25)31-21)34-12-9-19(29)17-34/h7-8,14-16,19,23H,3-6,9-13,17,29H2,1-2H3. The minimum Gasteiger partial charge on any atom is -0.359 e. The highest BCUT2D eigenvalue weighted by Gasteiger charge is 2.34. The summed E-state index contributed by atoms with van der Waals surface area (Å²) in [6, 6.07) is 8.61. The lowest BCUT2D eigenvalue weighted by Crippen LogP contribution is -2.40. The predicted molar refractivity (Wildman–Crippen MR) is 157 cm³/mol. The van der Waals surface area contributed by atoms with Crippen LogP contribution >= 0.6 is 11.6 Å². The van der Waals surface area contributed by atoms with E-state index in [0.717, 1.165) is 56.1 Å². The van der Waals surface area contributed by atoms with E-state index in [1.165, 1.54) is 11.4 Å². The van der Waals surface area contributed by atoms with Gasteiger partial charge in [-0.15, -0.1) is 0 Å². The van der Waals surface area contributed by atoms with Gasteiger partial charge in [0, 0.05) is 63.5 Å². The minimum atomic E-state index is -3.71. The molecule has 3 aliphatic heterocycles. The highest BCUT2D eigenvalue weighted by atomic mass is 35.5. The van der Waals surface area contributed by atoms with Crippen molar-refractivity contribution in [3.05, 3.63) is 46.6 Å². The number of benzene rings is 1. The molecule has 0 radical (unpaired) electrons. The molecule has 11 nitrogen and oxygen atoms in total. The van der Waals surface area contributed by atoms with Crippen molar-refractivity contribution < 1.29 is 13.2 Å². The quantitative estimate of drug-likeness (QED) is 0.462. The number of nitrogens with zero attached hydrogens (tertiary/aromatic N) is 7. The molecule has 214 valence electrons. The van der Waals surface area contributed by atoms with E-state index in [1.54, 1.807) is 18.2 Å². The lowest BCUT2D eigenvalue weighted by atomic mass is 9.98.